The number of aliphatic hydroxyl groups is 1. The molecule has 1 aromatic rings. The van der Waals surface area contributed by atoms with E-state index in [-0.39, 0.29) is 49.2 Å². The number of alkyl halides is 3. The molecule has 0 spiro atoms. The first-order chi connectivity index (χ1) is 17.4. The van der Waals surface area contributed by atoms with Gasteiger partial charge in [-0.25, -0.2) is 18.0 Å². The van der Waals surface area contributed by atoms with Gasteiger partial charge >= 0.3 is 5.97 Å². The molecule has 0 unspecified atom stereocenters. The van der Waals surface area contributed by atoms with Crippen LogP contribution in [0.1, 0.15) is 63.4 Å². The van der Waals surface area contributed by atoms with E-state index in [1.165, 1.54) is 24.5 Å². The Hall–Kier alpha value is -2.07. The molecule has 4 aliphatic carbocycles. The Balaban J connectivity index is 1.63. The number of furan rings is 1. The molecule has 37 heavy (non-hydrogen) atoms. The maximum Gasteiger partial charge on any atom is 0.375 e. The van der Waals surface area contributed by atoms with Crippen LogP contribution < -0.4 is 0 Å². The number of halogens is 3. The van der Waals surface area contributed by atoms with Gasteiger partial charge in [0.05, 0.1) is 12.4 Å². The molecule has 6 nitrogen and oxygen atoms in total. The predicted molar refractivity (Wildman–Crippen MR) is 129 cm³/mol. The predicted octanol–water partition coefficient (Wildman–Crippen LogP) is 5.15. The highest BCUT2D eigenvalue weighted by Gasteiger charge is 2.78. The molecule has 5 rings (SSSR count). The zero-order valence-electron chi connectivity index (χ0n) is 21.0. The Morgan fingerprint density at radius 2 is 2.00 bits per heavy atom. The summed E-state index contributed by atoms with van der Waals surface area (Å²) in [6.07, 6.45) is -0.967. The molecule has 0 aliphatic heterocycles. The normalized spacial score (nSPS) is 44.9. The molecule has 0 amide bonds. The van der Waals surface area contributed by atoms with E-state index < -0.39 is 69.2 Å². The van der Waals surface area contributed by atoms with E-state index in [0.29, 0.717) is 11.8 Å². The number of hydrogen-bond donors (Lipinski definition) is 1. The molecule has 0 aromatic carbocycles. The summed E-state index contributed by atoms with van der Waals surface area (Å²) in [6.45, 7) is 4.91. The van der Waals surface area contributed by atoms with Crippen molar-refractivity contribution >= 4 is 28.6 Å². The number of carbonyl (C=O) groups is 3. The lowest BCUT2D eigenvalue weighted by atomic mass is 9.43. The topological polar surface area (TPSA) is 93.8 Å². The maximum atomic E-state index is 17.4. The molecule has 0 radical (unpaired) electrons. The van der Waals surface area contributed by atoms with Crippen molar-refractivity contribution in [2.45, 2.75) is 76.4 Å². The number of hydrogen-bond acceptors (Lipinski definition) is 7. The molecule has 10 heteroatoms. The van der Waals surface area contributed by atoms with Crippen LogP contribution in [-0.2, 0) is 14.3 Å². The van der Waals surface area contributed by atoms with E-state index in [2.05, 4.69) is 0 Å². The average molecular weight is 541 g/mol. The molecule has 0 saturated heterocycles. The highest BCUT2D eigenvalue weighted by atomic mass is 32.2. The number of allylic oxidation sites excluding steroid dienone is 1. The standard InChI is InChI=1S/C27H31F3O6S/c1-14-9-16-17-11-19(29)18-10-15(31)6-7-24(18,2)26(17,30)21(32)12-25(16,3)27(14,23(34)37-13-28)36-22(33)20-5-4-8-35-20/h4-5,8,10,14,16-17,19,21,32H,6-7,9,11-13H2,1-3H3/t14-,16+,17+,19+,21+,24+,25+,26+,27+/m1/s1. The molecule has 9 atom stereocenters. The third-order valence-corrected chi connectivity index (χ3v) is 10.7. The number of thioether (sulfide) groups is 1. The third kappa shape index (κ3) is 3.33. The van der Waals surface area contributed by atoms with Gasteiger partial charge in [0.15, 0.2) is 11.4 Å². The van der Waals surface area contributed by atoms with Gasteiger partial charge in [0.25, 0.3) is 0 Å². The Kier molecular flexibility index (Phi) is 6.26. The number of rotatable bonds is 4. The molecule has 1 heterocycles. The second-order valence-corrected chi connectivity index (χ2v) is 12.4. The van der Waals surface area contributed by atoms with Crippen LogP contribution in [-0.4, -0.2) is 51.5 Å². The number of esters is 1. The zero-order chi connectivity index (χ0) is 27.0. The first kappa shape index (κ1) is 26.5. The molecule has 0 bridgehead atoms. The minimum Gasteiger partial charge on any atom is -0.457 e. The number of fused-ring (bicyclic) bond motifs is 5. The Bertz CT molecular complexity index is 1160. The molecule has 1 N–H and O–H groups in total. The summed E-state index contributed by atoms with van der Waals surface area (Å²) in [5.41, 5.74) is -6.79. The van der Waals surface area contributed by atoms with Crippen LogP contribution in [0.4, 0.5) is 13.2 Å². The lowest BCUT2D eigenvalue weighted by Gasteiger charge is -2.64. The van der Waals surface area contributed by atoms with Crippen LogP contribution in [0.3, 0.4) is 0 Å². The van der Waals surface area contributed by atoms with Gasteiger partial charge in [-0.05, 0) is 67.1 Å². The fourth-order valence-electron chi connectivity index (χ4n) is 8.32. The van der Waals surface area contributed by atoms with Crippen molar-refractivity contribution in [3.8, 4) is 0 Å². The van der Waals surface area contributed by atoms with Crippen molar-refractivity contribution in [2.75, 3.05) is 6.01 Å². The summed E-state index contributed by atoms with van der Waals surface area (Å²) in [7, 11) is 0. The summed E-state index contributed by atoms with van der Waals surface area (Å²) in [5, 5.41) is 10.8. The fraction of sp³-hybridized carbons (Fsp3) is 0.667. The van der Waals surface area contributed by atoms with Crippen LogP contribution in [0.15, 0.2) is 34.5 Å². The first-order valence-electron chi connectivity index (χ1n) is 12.6. The molecule has 3 fully saturated rings. The van der Waals surface area contributed by atoms with Crippen molar-refractivity contribution in [3.05, 3.63) is 35.8 Å². The van der Waals surface area contributed by atoms with Gasteiger partial charge in [0.2, 0.25) is 10.9 Å². The summed E-state index contributed by atoms with van der Waals surface area (Å²) >= 11 is 0.363. The van der Waals surface area contributed by atoms with Gasteiger partial charge < -0.3 is 14.3 Å². The zero-order valence-corrected chi connectivity index (χ0v) is 21.8. The number of aliphatic hydroxyl groups excluding tert-OH is 1. The smallest absolute Gasteiger partial charge is 0.375 e. The van der Waals surface area contributed by atoms with Crippen LogP contribution in [0.5, 0.6) is 0 Å². The van der Waals surface area contributed by atoms with Crippen molar-refractivity contribution < 1.29 is 41.8 Å². The molecule has 1 aromatic heterocycles. The minimum atomic E-state index is -2.26. The quantitative estimate of drug-likeness (QED) is 0.528. The second-order valence-electron chi connectivity index (χ2n) is 11.5. The van der Waals surface area contributed by atoms with Crippen molar-refractivity contribution in [1.29, 1.82) is 0 Å². The minimum absolute atomic E-state index is 0.0481. The van der Waals surface area contributed by atoms with Crippen LogP contribution in [0, 0.1) is 28.6 Å². The van der Waals surface area contributed by atoms with Gasteiger partial charge in [-0.3, -0.25) is 9.59 Å². The average Bonchev–Trinajstić information content (AvgIpc) is 3.45. The van der Waals surface area contributed by atoms with Crippen LogP contribution >= 0.6 is 11.8 Å². The molecule has 4 aliphatic rings. The first-order valence-corrected chi connectivity index (χ1v) is 13.6. The van der Waals surface area contributed by atoms with Crippen LogP contribution in [0.2, 0.25) is 0 Å². The number of carbonyl (C=O) groups excluding carboxylic acids is 3. The van der Waals surface area contributed by atoms with Crippen molar-refractivity contribution in [2.24, 2.45) is 28.6 Å². The fourth-order valence-corrected chi connectivity index (χ4v) is 9.11. The van der Waals surface area contributed by atoms with Crippen LogP contribution in [0.25, 0.3) is 0 Å². The van der Waals surface area contributed by atoms with E-state index in [9.17, 15) is 23.9 Å². The Morgan fingerprint density at radius 3 is 2.65 bits per heavy atom. The van der Waals surface area contributed by atoms with E-state index >= 15 is 8.78 Å². The van der Waals surface area contributed by atoms with Gasteiger partial charge in [-0.2, -0.15) is 0 Å². The molecular formula is C27H31F3O6S. The second kappa shape index (κ2) is 8.73. The van der Waals surface area contributed by atoms with Gasteiger partial charge in [0, 0.05) is 29.1 Å². The lowest BCUT2D eigenvalue weighted by Crippen LogP contribution is -2.71. The Labute approximate surface area is 217 Å². The van der Waals surface area contributed by atoms with E-state index in [4.69, 9.17) is 9.15 Å². The maximum absolute atomic E-state index is 17.4. The summed E-state index contributed by atoms with van der Waals surface area (Å²) < 4.78 is 57.6. The summed E-state index contributed by atoms with van der Waals surface area (Å²) in [5.74, 6) is -3.67. The SMILES string of the molecule is C[C@@H]1C[C@H]2[C@@H]3C[C@H](F)C4=CC(=O)CC[C@]4(C)[C@@]3(F)[C@@H](O)C[C@]2(C)[C@@]1(OC(=O)c1ccco1)C(=O)SCF. The molecule has 202 valence electrons. The van der Waals surface area contributed by atoms with Crippen molar-refractivity contribution in [1.82, 2.24) is 0 Å². The summed E-state index contributed by atoms with van der Waals surface area (Å²) in [6, 6.07) is 1.80. The monoisotopic (exact) mass is 540 g/mol. The van der Waals surface area contributed by atoms with Gasteiger partial charge in [0.1, 0.15) is 17.8 Å². The molecular weight excluding hydrogens is 509 g/mol. The summed E-state index contributed by atoms with van der Waals surface area (Å²) in [4.78, 5) is 38.8. The third-order valence-electron chi connectivity index (χ3n) is 10.0. The molecule has 3 saturated carbocycles. The Morgan fingerprint density at radius 1 is 1.27 bits per heavy atom. The van der Waals surface area contributed by atoms with Gasteiger partial charge in [-0.15, -0.1) is 0 Å². The van der Waals surface area contributed by atoms with Crippen molar-refractivity contribution in [3.63, 3.8) is 0 Å². The number of ketones is 1. The largest absolute Gasteiger partial charge is 0.457 e. The highest BCUT2D eigenvalue weighted by molar-refractivity contribution is 8.13. The lowest BCUT2D eigenvalue weighted by molar-refractivity contribution is -0.231. The van der Waals surface area contributed by atoms with Gasteiger partial charge in [-0.1, -0.05) is 20.8 Å². The number of ether oxygens (including phenoxy) is 1. The van der Waals surface area contributed by atoms with E-state index in [1.54, 1.807) is 20.8 Å². The van der Waals surface area contributed by atoms with E-state index in [0.717, 1.165) is 0 Å². The van der Waals surface area contributed by atoms with E-state index in [1.807, 2.05) is 0 Å². The highest BCUT2D eigenvalue weighted by Crippen LogP contribution is 2.72.